The molecule has 114 valence electrons. The quantitative estimate of drug-likeness (QED) is 0.851. The highest BCUT2D eigenvalue weighted by molar-refractivity contribution is 7.89. The standard InChI is InChI=1S/C17H17NO2S2/c1-14-6-8-16(9-7-14)22(19,20)18-11-4-2-3-5-17(18)15-10-12-21-13-15/h2-3,5-10,12-13H,4,11H2,1H3. The van der Waals surface area contributed by atoms with Crippen molar-refractivity contribution in [2.24, 2.45) is 0 Å². The summed E-state index contributed by atoms with van der Waals surface area (Å²) in [5, 5.41) is 3.93. The van der Waals surface area contributed by atoms with Gasteiger partial charge in [0.05, 0.1) is 10.6 Å². The Morgan fingerprint density at radius 1 is 1.14 bits per heavy atom. The van der Waals surface area contributed by atoms with E-state index in [9.17, 15) is 8.42 Å². The predicted molar refractivity (Wildman–Crippen MR) is 91.1 cm³/mol. The van der Waals surface area contributed by atoms with E-state index in [2.05, 4.69) is 0 Å². The fourth-order valence-electron chi connectivity index (χ4n) is 2.39. The fourth-order valence-corrected chi connectivity index (χ4v) is 4.54. The third kappa shape index (κ3) is 2.87. The van der Waals surface area contributed by atoms with Crippen LogP contribution in [0.4, 0.5) is 0 Å². The molecule has 1 aliphatic rings. The summed E-state index contributed by atoms with van der Waals surface area (Å²) in [6.07, 6.45) is 6.50. The van der Waals surface area contributed by atoms with Gasteiger partial charge in [-0.05, 0) is 43.0 Å². The molecule has 0 radical (unpaired) electrons. The Hall–Kier alpha value is -1.85. The van der Waals surface area contributed by atoms with E-state index in [0.29, 0.717) is 17.9 Å². The van der Waals surface area contributed by atoms with Crippen molar-refractivity contribution in [3.63, 3.8) is 0 Å². The average Bonchev–Trinajstić information content (AvgIpc) is 2.91. The number of thiophene rings is 1. The Bertz CT molecular complexity index is 801. The van der Waals surface area contributed by atoms with Gasteiger partial charge in [-0.25, -0.2) is 8.42 Å². The van der Waals surface area contributed by atoms with Crippen LogP contribution in [-0.2, 0) is 10.0 Å². The van der Waals surface area contributed by atoms with E-state index in [0.717, 1.165) is 16.8 Å². The molecular formula is C17H17NO2S2. The summed E-state index contributed by atoms with van der Waals surface area (Å²) in [4.78, 5) is 0.334. The van der Waals surface area contributed by atoms with Gasteiger partial charge >= 0.3 is 0 Å². The molecule has 0 atom stereocenters. The first kappa shape index (κ1) is 15.1. The smallest absolute Gasteiger partial charge is 0.264 e. The number of allylic oxidation sites excluding steroid dienone is 2. The van der Waals surface area contributed by atoms with E-state index < -0.39 is 10.0 Å². The minimum atomic E-state index is -3.55. The molecule has 0 aliphatic carbocycles. The van der Waals surface area contributed by atoms with Gasteiger partial charge in [-0.1, -0.05) is 29.8 Å². The van der Waals surface area contributed by atoms with Crippen molar-refractivity contribution in [2.45, 2.75) is 18.2 Å². The molecule has 22 heavy (non-hydrogen) atoms. The number of benzene rings is 1. The van der Waals surface area contributed by atoms with Gasteiger partial charge in [-0.3, -0.25) is 4.31 Å². The van der Waals surface area contributed by atoms with Crippen LogP contribution in [0, 0.1) is 6.92 Å². The molecule has 1 aromatic heterocycles. The normalized spacial score (nSPS) is 15.5. The molecule has 2 heterocycles. The maximum atomic E-state index is 13.0. The molecule has 3 rings (SSSR count). The molecule has 0 unspecified atom stereocenters. The molecule has 0 bridgehead atoms. The van der Waals surface area contributed by atoms with Gasteiger partial charge in [0.2, 0.25) is 0 Å². The van der Waals surface area contributed by atoms with E-state index in [1.807, 2.05) is 54.1 Å². The second kappa shape index (κ2) is 6.10. The first-order valence-corrected chi connectivity index (χ1v) is 9.46. The molecule has 0 fully saturated rings. The van der Waals surface area contributed by atoms with E-state index in [4.69, 9.17) is 0 Å². The molecule has 1 aliphatic heterocycles. The van der Waals surface area contributed by atoms with E-state index in [1.54, 1.807) is 23.5 Å². The van der Waals surface area contributed by atoms with E-state index >= 15 is 0 Å². The van der Waals surface area contributed by atoms with Crippen molar-refractivity contribution < 1.29 is 8.42 Å². The predicted octanol–water partition coefficient (Wildman–Crippen LogP) is 4.05. The topological polar surface area (TPSA) is 37.4 Å². The Morgan fingerprint density at radius 3 is 2.59 bits per heavy atom. The number of aryl methyl sites for hydroxylation is 1. The highest BCUT2D eigenvalue weighted by Gasteiger charge is 2.27. The molecule has 0 saturated heterocycles. The molecule has 3 nitrogen and oxygen atoms in total. The van der Waals surface area contributed by atoms with Gasteiger partial charge < -0.3 is 0 Å². The van der Waals surface area contributed by atoms with Crippen LogP contribution in [0.2, 0.25) is 0 Å². The second-order valence-corrected chi connectivity index (χ2v) is 7.81. The van der Waals surface area contributed by atoms with Gasteiger partial charge in [-0.2, -0.15) is 11.3 Å². The SMILES string of the molecule is Cc1ccc(S(=O)(=O)N2CCC=CC=C2c2ccsc2)cc1. The summed E-state index contributed by atoms with van der Waals surface area (Å²) < 4.78 is 27.5. The van der Waals surface area contributed by atoms with Gasteiger partial charge in [0.15, 0.2) is 0 Å². The average molecular weight is 331 g/mol. The summed E-state index contributed by atoms with van der Waals surface area (Å²) in [6, 6.07) is 8.96. The second-order valence-electron chi connectivity index (χ2n) is 5.17. The zero-order valence-corrected chi connectivity index (χ0v) is 13.9. The molecule has 0 N–H and O–H groups in total. The number of sulfonamides is 1. The zero-order valence-electron chi connectivity index (χ0n) is 12.3. The van der Waals surface area contributed by atoms with Crippen LogP contribution in [0.5, 0.6) is 0 Å². The van der Waals surface area contributed by atoms with Crippen molar-refractivity contribution in [3.8, 4) is 0 Å². The molecule has 1 aromatic carbocycles. The van der Waals surface area contributed by atoms with Crippen LogP contribution in [0.1, 0.15) is 17.5 Å². The number of rotatable bonds is 3. The van der Waals surface area contributed by atoms with Gasteiger partial charge in [0, 0.05) is 17.5 Å². The number of hydrogen-bond acceptors (Lipinski definition) is 3. The molecule has 0 spiro atoms. The lowest BCUT2D eigenvalue weighted by Gasteiger charge is -2.25. The van der Waals surface area contributed by atoms with Crippen LogP contribution in [0.3, 0.4) is 0 Å². The Balaban J connectivity index is 2.05. The van der Waals surface area contributed by atoms with Gasteiger partial charge in [0.1, 0.15) is 0 Å². The van der Waals surface area contributed by atoms with Gasteiger partial charge in [-0.15, -0.1) is 0 Å². The third-order valence-corrected chi connectivity index (χ3v) is 6.09. The van der Waals surface area contributed by atoms with Crippen LogP contribution in [-0.4, -0.2) is 19.3 Å². The highest BCUT2D eigenvalue weighted by Crippen LogP contribution is 2.30. The lowest BCUT2D eigenvalue weighted by molar-refractivity contribution is 0.514. The molecule has 5 heteroatoms. The lowest BCUT2D eigenvalue weighted by Crippen LogP contribution is -2.30. The van der Waals surface area contributed by atoms with Crippen LogP contribution < -0.4 is 0 Å². The molecule has 0 amide bonds. The Kier molecular flexibility index (Phi) is 4.18. The summed E-state index contributed by atoms with van der Waals surface area (Å²) in [5.74, 6) is 0. The monoisotopic (exact) mass is 331 g/mol. The number of hydrogen-bond donors (Lipinski definition) is 0. The lowest BCUT2D eigenvalue weighted by atomic mass is 10.2. The molecule has 0 saturated carbocycles. The van der Waals surface area contributed by atoms with Gasteiger partial charge in [0.25, 0.3) is 10.0 Å². The van der Waals surface area contributed by atoms with Crippen molar-refractivity contribution in [2.75, 3.05) is 6.54 Å². The minimum absolute atomic E-state index is 0.334. The molecule has 2 aromatic rings. The maximum absolute atomic E-state index is 13.0. The fraction of sp³-hybridized carbons (Fsp3) is 0.176. The Labute approximate surface area is 135 Å². The van der Waals surface area contributed by atoms with Crippen LogP contribution in [0.15, 0.2) is 64.2 Å². The van der Waals surface area contributed by atoms with Crippen molar-refractivity contribution >= 4 is 27.1 Å². The van der Waals surface area contributed by atoms with Crippen LogP contribution >= 0.6 is 11.3 Å². The first-order valence-electron chi connectivity index (χ1n) is 7.08. The summed E-state index contributed by atoms with van der Waals surface area (Å²) in [7, 11) is -3.55. The number of nitrogens with zero attached hydrogens (tertiary/aromatic N) is 1. The summed E-state index contributed by atoms with van der Waals surface area (Å²) >= 11 is 1.56. The summed E-state index contributed by atoms with van der Waals surface area (Å²) in [5.41, 5.74) is 2.72. The Morgan fingerprint density at radius 2 is 1.91 bits per heavy atom. The van der Waals surface area contributed by atoms with E-state index in [-0.39, 0.29) is 0 Å². The largest absolute Gasteiger partial charge is 0.265 e. The van der Waals surface area contributed by atoms with Crippen molar-refractivity contribution in [1.29, 1.82) is 0 Å². The minimum Gasteiger partial charge on any atom is -0.265 e. The van der Waals surface area contributed by atoms with E-state index in [1.165, 1.54) is 4.31 Å². The van der Waals surface area contributed by atoms with Crippen molar-refractivity contribution in [3.05, 3.63) is 70.4 Å². The highest BCUT2D eigenvalue weighted by atomic mass is 32.2. The first-order chi connectivity index (χ1) is 10.6. The van der Waals surface area contributed by atoms with Crippen LogP contribution in [0.25, 0.3) is 5.70 Å². The summed E-state index contributed by atoms with van der Waals surface area (Å²) in [6.45, 7) is 2.40. The molecular weight excluding hydrogens is 314 g/mol. The van der Waals surface area contributed by atoms with Crippen molar-refractivity contribution in [1.82, 2.24) is 4.31 Å². The maximum Gasteiger partial charge on any atom is 0.264 e. The third-order valence-electron chi connectivity index (χ3n) is 3.58. The zero-order chi connectivity index (χ0) is 15.6.